The predicted molar refractivity (Wildman–Crippen MR) is 81.7 cm³/mol. The molecule has 0 radical (unpaired) electrons. The maximum absolute atomic E-state index is 11.3. The van der Waals surface area contributed by atoms with E-state index in [2.05, 4.69) is 5.32 Å². The van der Waals surface area contributed by atoms with Crippen molar-refractivity contribution in [1.29, 1.82) is 0 Å². The Kier molecular flexibility index (Phi) is 3.89. The van der Waals surface area contributed by atoms with Crippen molar-refractivity contribution in [2.24, 2.45) is 5.14 Å². The molecule has 0 fully saturated rings. The highest BCUT2D eigenvalue weighted by atomic mass is 35.5. The van der Waals surface area contributed by atoms with Crippen LogP contribution in [0, 0.1) is 6.92 Å². The van der Waals surface area contributed by atoms with Crippen LogP contribution in [0.15, 0.2) is 41.3 Å². The molecule has 0 spiro atoms. The number of nitrogens with one attached hydrogen (secondary N) is 1. The van der Waals surface area contributed by atoms with E-state index in [0.29, 0.717) is 10.7 Å². The van der Waals surface area contributed by atoms with Crippen molar-refractivity contribution in [2.75, 3.05) is 11.1 Å². The molecular formula is C13H14ClN3O2S. The van der Waals surface area contributed by atoms with E-state index in [9.17, 15) is 8.42 Å². The Morgan fingerprint density at radius 1 is 1.20 bits per heavy atom. The smallest absolute Gasteiger partial charge is 0.240 e. The van der Waals surface area contributed by atoms with Crippen molar-refractivity contribution < 1.29 is 8.42 Å². The number of rotatable bonds is 3. The fraction of sp³-hybridized carbons (Fsp3) is 0.0769. The first kappa shape index (κ1) is 14.6. The van der Waals surface area contributed by atoms with E-state index in [0.717, 1.165) is 11.3 Å². The molecule has 2 aromatic carbocycles. The van der Waals surface area contributed by atoms with Crippen molar-refractivity contribution >= 4 is 38.7 Å². The van der Waals surface area contributed by atoms with Gasteiger partial charge in [0.25, 0.3) is 0 Å². The Morgan fingerprint density at radius 2 is 1.90 bits per heavy atom. The molecule has 0 aromatic heterocycles. The van der Waals surface area contributed by atoms with Crippen LogP contribution in [-0.4, -0.2) is 8.42 Å². The zero-order valence-electron chi connectivity index (χ0n) is 10.7. The highest BCUT2D eigenvalue weighted by Crippen LogP contribution is 2.28. The molecule has 0 saturated carbocycles. The summed E-state index contributed by atoms with van der Waals surface area (Å²) in [5.74, 6) is 0. The van der Waals surface area contributed by atoms with Gasteiger partial charge in [-0.15, -0.1) is 0 Å². The highest BCUT2D eigenvalue weighted by Gasteiger charge is 2.12. The molecule has 5 nitrogen and oxygen atoms in total. The number of hydrogen-bond acceptors (Lipinski definition) is 4. The molecule has 0 heterocycles. The topological polar surface area (TPSA) is 98.2 Å². The molecule has 20 heavy (non-hydrogen) atoms. The number of nitrogens with two attached hydrogens (primary N) is 2. The van der Waals surface area contributed by atoms with Gasteiger partial charge in [0, 0.05) is 16.4 Å². The maximum Gasteiger partial charge on any atom is 0.240 e. The van der Waals surface area contributed by atoms with Crippen LogP contribution in [0.1, 0.15) is 5.56 Å². The van der Waals surface area contributed by atoms with Gasteiger partial charge in [0.1, 0.15) is 4.90 Å². The van der Waals surface area contributed by atoms with E-state index in [-0.39, 0.29) is 10.6 Å². The normalized spacial score (nSPS) is 11.3. The summed E-state index contributed by atoms with van der Waals surface area (Å²) in [5, 5.41) is 8.83. The Labute approximate surface area is 122 Å². The number of hydrogen-bond donors (Lipinski definition) is 3. The van der Waals surface area contributed by atoms with Crippen LogP contribution in [-0.2, 0) is 10.0 Å². The quantitative estimate of drug-likeness (QED) is 0.759. The molecule has 0 aliphatic rings. The summed E-state index contributed by atoms with van der Waals surface area (Å²) in [4.78, 5) is -0.0918. The van der Waals surface area contributed by atoms with Crippen LogP contribution in [0.25, 0.3) is 0 Å². The summed E-state index contributed by atoms with van der Waals surface area (Å²) in [6, 6.07) is 9.95. The molecule has 0 atom stereocenters. The van der Waals surface area contributed by atoms with Crippen LogP contribution < -0.4 is 16.2 Å². The number of benzene rings is 2. The van der Waals surface area contributed by atoms with Crippen LogP contribution in [0.4, 0.5) is 17.1 Å². The lowest BCUT2D eigenvalue weighted by Gasteiger charge is -2.12. The Bertz CT molecular complexity index is 760. The van der Waals surface area contributed by atoms with E-state index in [4.69, 9.17) is 22.5 Å². The van der Waals surface area contributed by atoms with Gasteiger partial charge in [-0.3, -0.25) is 0 Å². The van der Waals surface area contributed by atoms with Crippen molar-refractivity contribution in [3.63, 3.8) is 0 Å². The fourth-order valence-electron chi connectivity index (χ4n) is 1.78. The van der Waals surface area contributed by atoms with Crippen molar-refractivity contribution in [3.05, 3.63) is 47.0 Å². The van der Waals surface area contributed by atoms with Crippen LogP contribution >= 0.6 is 11.6 Å². The third-order valence-electron chi connectivity index (χ3n) is 2.86. The van der Waals surface area contributed by atoms with Crippen LogP contribution in [0.5, 0.6) is 0 Å². The first-order chi connectivity index (χ1) is 9.29. The zero-order chi connectivity index (χ0) is 14.9. The minimum Gasteiger partial charge on any atom is -0.398 e. The van der Waals surface area contributed by atoms with Gasteiger partial charge < -0.3 is 11.1 Å². The second kappa shape index (κ2) is 5.32. The second-order valence-electron chi connectivity index (χ2n) is 4.34. The molecular weight excluding hydrogens is 298 g/mol. The summed E-state index contributed by atoms with van der Waals surface area (Å²) in [7, 11) is -3.81. The summed E-state index contributed by atoms with van der Waals surface area (Å²) >= 11 is 6.04. The van der Waals surface area contributed by atoms with Crippen LogP contribution in [0.3, 0.4) is 0 Å². The Balaban J connectivity index is 2.36. The van der Waals surface area contributed by atoms with Gasteiger partial charge >= 0.3 is 0 Å². The van der Waals surface area contributed by atoms with Crippen molar-refractivity contribution in [2.45, 2.75) is 11.8 Å². The lowest BCUT2D eigenvalue weighted by molar-refractivity contribution is 0.598. The van der Waals surface area contributed by atoms with Crippen LogP contribution in [0.2, 0.25) is 5.02 Å². The maximum atomic E-state index is 11.3. The molecule has 0 bridgehead atoms. The summed E-state index contributed by atoms with van der Waals surface area (Å²) in [5.41, 5.74) is 8.16. The zero-order valence-corrected chi connectivity index (χ0v) is 12.3. The summed E-state index contributed by atoms with van der Waals surface area (Å²) in [6.07, 6.45) is 0. The van der Waals surface area contributed by atoms with E-state index in [1.54, 1.807) is 12.1 Å². The number of primary sulfonamides is 1. The number of halogens is 1. The molecule has 5 N–H and O–H groups in total. The van der Waals surface area contributed by atoms with Gasteiger partial charge in [0.2, 0.25) is 10.0 Å². The molecule has 0 saturated heterocycles. The van der Waals surface area contributed by atoms with Gasteiger partial charge in [-0.1, -0.05) is 17.7 Å². The third kappa shape index (κ3) is 3.04. The highest BCUT2D eigenvalue weighted by molar-refractivity contribution is 7.89. The first-order valence-electron chi connectivity index (χ1n) is 5.73. The average molecular weight is 312 g/mol. The minimum atomic E-state index is -3.81. The Hall–Kier alpha value is -1.76. The van der Waals surface area contributed by atoms with E-state index in [1.165, 1.54) is 12.1 Å². The van der Waals surface area contributed by atoms with Gasteiger partial charge in [-0.25, -0.2) is 13.6 Å². The predicted octanol–water partition coefficient (Wildman–Crippen LogP) is 2.62. The van der Waals surface area contributed by atoms with E-state index >= 15 is 0 Å². The molecule has 2 rings (SSSR count). The standard InChI is InChI=1S/C13H14ClN3O2S/c1-8-10(14)3-2-4-12(8)17-9-5-6-13(11(15)7-9)20(16,18)19/h2-7,17H,15H2,1H3,(H2,16,18,19). The van der Waals surface area contributed by atoms with E-state index < -0.39 is 10.0 Å². The number of nitrogen functional groups attached to an aromatic ring is 1. The lowest BCUT2D eigenvalue weighted by Crippen LogP contribution is -2.14. The number of sulfonamides is 1. The molecule has 7 heteroatoms. The SMILES string of the molecule is Cc1c(Cl)cccc1Nc1ccc(S(N)(=O)=O)c(N)c1. The second-order valence-corrected chi connectivity index (χ2v) is 6.27. The molecule has 0 aliphatic carbocycles. The third-order valence-corrected chi connectivity index (χ3v) is 4.26. The largest absolute Gasteiger partial charge is 0.398 e. The summed E-state index contributed by atoms with van der Waals surface area (Å²) < 4.78 is 22.6. The number of anilines is 3. The minimum absolute atomic E-state index is 0.0918. The van der Waals surface area contributed by atoms with Crippen molar-refractivity contribution in [1.82, 2.24) is 0 Å². The average Bonchev–Trinajstić information content (AvgIpc) is 2.33. The lowest BCUT2D eigenvalue weighted by atomic mass is 10.2. The monoisotopic (exact) mass is 311 g/mol. The van der Waals surface area contributed by atoms with E-state index in [1.807, 2.05) is 19.1 Å². The van der Waals surface area contributed by atoms with Gasteiger partial charge in [-0.05, 0) is 42.8 Å². The molecule has 0 amide bonds. The van der Waals surface area contributed by atoms with Gasteiger partial charge in [0.05, 0.1) is 5.69 Å². The molecule has 0 aliphatic heterocycles. The summed E-state index contributed by atoms with van der Waals surface area (Å²) in [6.45, 7) is 1.88. The van der Waals surface area contributed by atoms with Gasteiger partial charge in [0.15, 0.2) is 0 Å². The molecule has 106 valence electrons. The molecule has 2 aromatic rings. The van der Waals surface area contributed by atoms with Crippen molar-refractivity contribution in [3.8, 4) is 0 Å². The van der Waals surface area contributed by atoms with Gasteiger partial charge in [-0.2, -0.15) is 0 Å². The first-order valence-corrected chi connectivity index (χ1v) is 7.66. The molecule has 0 unspecified atom stereocenters. The Morgan fingerprint density at radius 3 is 2.50 bits per heavy atom. The fourth-order valence-corrected chi connectivity index (χ4v) is 2.60.